The number of pyridine rings is 1. The highest BCUT2D eigenvalue weighted by molar-refractivity contribution is 5.94. The minimum Gasteiger partial charge on any atom is -0.347 e. The zero-order valence-electron chi connectivity index (χ0n) is 12.3. The number of fused-ring (bicyclic) bond motifs is 4. The van der Waals surface area contributed by atoms with Gasteiger partial charge in [-0.2, -0.15) is 0 Å². The van der Waals surface area contributed by atoms with Gasteiger partial charge in [0, 0.05) is 30.0 Å². The van der Waals surface area contributed by atoms with E-state index in [1.165, 1.54) is 25.9 Å². The van der Waals surface area contributed by atoms with E-state index in [2.05, 4.69) is 17.1 Å². The maximum Gasteiger partial charge on any atom is 0.253 e. The minimum absolute atomic E-state index is 0.0520. The van der Waals surface area contributed by atoms with Crippen molar-refractivity contribution in [2.45, 2.75) is 31.8 Å². The summed E-state index contributed by atoms with van der Waals surface area (Å²) < 4.78 is 1.99. The molecule has 0 saturated carbocycles. The summed E-state index contributed by atoms with van der Waals surface area (Å²) in [5.41, 5.74) is 1.85. The SMILES string of the molecule is C[C@H]1[C@H](NC(=O)c2ccc3cccn3c2)C2CCN1CC2. The largest absolute Gasteiger partial charge is 0.347 e. The van der Waals surface area contributed by atoms with Gasteiger partial charge in [-0.15, -0.1) is 0 Å². The summed E-state index contributed by atoms with van der Waals surface area (Å²) in [6.07, 6.45) is 6.32. The van der Waals surface area contributed by atoms with Gasteiger partial charge < -0.3 is 9.72 Å². The molecule has 3 aliphatic heterocycles. The first kappa shape index (κ1) is 12.9. The molecule has 3 fully saturated rings. The van der Waals surface area contributed by atoms with Crippen molar-refractivity contribution in [3.8, 4) is 0 Å². The molecule has 1 N–H and O–H groups in total. The summed E-state index contributed by atoms with van der Waals surface area (Å²) >= 11 is 0. The molecule has 5 rings (SSSR count). The van der Waals surface area contributed by atoms with Crippen molar-refractivity contribution in [2.75, 3.05) is 13.1 Å². The molecule has 0 radical (unpaired) electrons. The number of hydrogen-bond acceptors (Lipinski definition) is 2. The molecule has 0 aromatic carbocycles. The maximum absolute atomic E-state index is 12.6. The number of rotatable bonds is 2. The van der Waals surface area contributed by atoms with Gasteiger partial charge in [-0.3, -0.25) is 9.69 Å². The van der Waals surface area contributed by atoms with Crippen LogP contribution in [0.4, 0.5) is 0 Å². The maximum atomic E-state index is 12.6. The number of carbonyl (C=O) groups is 1. The Morgan fingerprint density at radius 1 is 1.24 bits per heavy atom. The topological polar surface area (TPSA) is 36.8 Å². The van der Waals surface area contributed by atoms with Crippen LogP contribution in [0.25, 0.3) is 5.52 Å². The molecule has 2 aromatic heterocycles. The summed E-state index contributed by atoms with van der Waals surface area (Å²) in [6.45, 7) is 4.62. The summed E-state index contributed by atoms with van der Waals surface area (Å²) in [5.74, 6) is 0.695. The van der Waals surface area contributed by atoms with Gasteiger partial charge in [-0.25, -0.2) is 0 Å². The van der Waals surface area contributed by atoms with Crippen LogP contribution in [-0.4, -0.2) is 40.4 Å². The van der Waals surface area contributed by atoms with E-state index in [0.717, 1.165) is 11.1 Å². The number of carbonyl (C=O) groups excluding carboxylic acids is 1. The van der Waals surface area contributed by atoms with Crippen LogP contribution in [0.5, 0.6) is 0 Å². The molecule has 1 amide bonds. The van der Waals surface area contributed by atoms with Crippen molar-refractivity contribution in [2.24, 2.45) is 5.92 Å². The summed E-state index contributed by atoms with van der Waals surface area (Å²) in [6, 6.07) is 8.69. The Kier molecular flexibility index (Phi) is 3.00. The Hall–Kier alpha value is -1.81. The normalized spacial score (nSPS) is 31.5. The Morgan fingerprint density at radius 3 is 2.81 bits per heavy atom. The molecule has 2 atom stereocenters. The summed E-state index contributed by atoms with van der Waals surface area (Å²) in [4.78, 5) is 15.1. The molecule has 2 aromatic rings. The van der Waals surface area contributed by atoms with E-state index in [-0.39, 0.29) is 5.91 Å². The van der Waals surface area contributed by atoms with Crippen molar-refractivity contribution in [3.63, 3.8) is 0 Å². The smallest absolute Gasteiger partial charge is 0.253 e. The predicted octanol–water partition coefficient (Wildman–Crippen LogP) is 2.15. The number of nitrogens with zero attached hydrogens (tertiary/aromatic N) is 2. The first-order valence-corrected chi connectivity index (χ1v) is 7.84. The van der Waals surface area contributed by atoms with E-state index >= 15 is 0 Å². The van der Waals surface area contributed by atoms with Gasteiger partial charge in [-0.1, -0.05) is 0 Å². The lowest BCUT2D eigenvalue weighted by atomic mass is 9.79. The summed E-state index contributed by atoms with van der Waals surface area (Å²) in [7, 11) is 0. The highest BCUT2D eigenvalue weighted by atomic mass is 16.1. The third-order valence-electron chi connectivity index (χ3n) is 5.26. The van der Waals surface area contributed by atoms with Gasteiger partial charge in [0.05, 0.1) is 5.56 Å². The van der Waals surface area contributed by atoms with Crippen LogP contribution in [0.1, 0.15) is 30.1 Å². The van der Waals surface area contributed by atoms with Gasteiger partial charge in [0.25, 0.3) is 5.91 Å². The Bertz CT molecular complexity index is 667. The monoisotopic (exact) mass is 283 g/mol. The van der Waals surface area contributed by atoms with Crippen LogP contribution in [0.3, 0.4) is 0 Å². The van der Waals surface area contributed by atoms with Gasteiger partial charge in [0.15, 0.2) is 0 Å². The Labute approximate surface area is 124 Å². The number of hydrogen-bond donors (Lipinski definition) is 1. The predicted molar refractivity (Wildman–Crippen MR) is 82.4 cm³/mol. The Morgan fingerprint density at radius 2 is 2.05 bits per heavy atom. The van der Waals surface area contributed by atoms with E-state index in [9.17, 15) is 4.79 Å². The van der Waals surface area contributed by atoms with Crippen LogP contribution in [-0.2, 0) is 0 Å². The van der Waals surface area contributed by atoms with Gasteiger partial charge >= 0.3 is 0 Å². The zero-order valence-corrected chi connectivity index (χ0v) is 12.3. The van der Waals surface area contributed by atoms with Crippen molar-refractivity contribution >= 4 is 11.4 Å². The van der Waals surface area contributed by atoms with E-state index < -0.39 is 0 Å². The van der Waals surface area contributed by atoms with Gasteiger partial charge in [0.2, 0.25) is 0 Å². The van der Waals surface area contributed by atoms with Gasteiger partial charge in [-0.05, 0) is 63.0 Å². The third-order valence-corrected chi connectivity index (χ3v) is 5.26. The molecule has 3 aliphatic rings. The van der Waals surface area contributed by atoms with Crippen LogP contribution in [0, 0.1) is 5.92 Å². The van der Waals surface area contributed by atoms with Crippen LogP contribution in [0.15, 0.2) is 36.7 Å². The second kappa shape index (κ2) is 4.88. The van der Waals surface area contributed by atoms with Crippen molar-refractivity contribution < 1.29 is 4.79 Å². The molecule has 0 unspecified atom stereocenters. The third kappa shape index (κ3) is 2.14. The first-order valence-electron chi connectivity index (χ1n) is 7.84. The second-order valence-electron chi connectivity index (χ2n) is 6.37. The fourth-order valence-corrected chi connectivity index (χ4v) is 3.95. The van der Waals surface area contributed by atoms with E-state index in [1.54, 1.807) is 0 Å². The zero-order chi connectivity index (χ0) is 14.4. The highest BCUT2D eigenvalue weighted by Gasteiger charge is 2.40. The number of amides is 1. The van der Waals surface area contributed by atoms with Crippen molar-refractivity contribution in [1.29, 1.82) is 0 Å². The van der Waals surface area contributed by atoms with E-state index in [1.807, 2.05) is 41.1 Å². The van der Waals surface area contributed by atoms with E-state index in [0.29, 0.717) is 18.0 Å². The summed E-state index contributed by atoms with van der Waals surface area (Å²) in [5, 5.41) is 3.28. The molecular weight excluding hydrogens is 262 g/mol. The molecule has 21 heavy (non-hydrogen) atoms. The van der Waals surface area contributed by atoms with Crippen LogP contribution < -0.4 is 5.32 Å². The number of aromatic nitrogens is 1. The lowest BCUT2D eigenvalue weighted by Gasteiger charge is -2.49. The average molecular weight is 283 g/mol. The van der Waals surface area contributed by atoms with Gasteiger partial charge in [0.1, 0.15) is 0 Å². The lowest BCUT2D eigenvalue weighted by molar-refractivity contribution is 0.0217. The quantitative estimate of drug-likeness (QED) is 0.917. The van der Waals surface area contributed by atoms with Crippen LogP contribution >= 0.6 is 0 Å². The highest BCUT2D eigenvalue weighted by Crippen LogP contribution is 2.32. The van der Waals surface area contributed by atoms with Crippen molar-refractivity contribution in [1.82, 2.24) is 14.6 Å². The molecule has 0 aliphatic carbocycles. The molecule has 110 valence electrons. The molecule has 4 nitrogen and oxygen atoms in total. The van der Waals surface area contributed by atoms with E-state index in [4.69, 9.17) is 0 Å². The Balaban J connectivity index is 1.54. The van der Waals surface area contributed by atoms with Crippen LogP contribution in [0.2, 0.25) is 0 Å². The lowest BCUT2D eigenvalue weighted by Crippen LogP contribution is -2.62. The molecule has 2 bridgehead atoms. The molecule has 0 spiro atoms. The minimum atomic E-state index is 0.0520. The fraction of sp³-hybridized carbons (Fsp3) is 0.471. The number of piperidine rings is 3. The molecular formula is C17H21N3O. The standard InChI is InChI=1S/C17H21N3O/c1-12-16(13-6-9-19(12)10-7-13)18-17(21)14-4-5-15-3-2-8-20(15)11-14/h2-5,8,11-13,16H,6-7,9-10H2,1H3,(H,18,21)/t12-,16-/m0/s1. The van der Waals surface area contributed by atoms with Crippen molar-refractivity contribution in [3.05, 3.63) is 42.2 Å². The molecule has 4 heteroatoms. The average Bonchev–Trinajstić information content (AvgIpc) is 2.98. The number of nitrogens with one attached hydrogen (secondary N) is 1. The first-order chi connectivity index (χ1) is 10.2. The second-order valence-corrected chi connectivity index (χ2v) is 6.37. The molecule has 3 saturated heterocycles. The fourth-order valence-electron chi connectivity index (χ4n) is 3.95. The molecule has 5 heterocycles.